The summed E-state index contributed by atoms with van der Waals surface area (Å²) in [5.74, 6) is -3.02. The second-order valence-corrected chi connectivity index (χ2v) is 3.34. The minimum Gasteiger partial charge on any atom is -0.480 e. The highest BCUT2D eigenvalue weighted by Gasteiger charge is 2.19. The third-order valence-corrected chi connectivity index (χ3v) is 1.98. The van der Waals surface area contributed by atoms with Gasteiger partial charge in [0.25, 0.3) is 0 Å². The van der Waals surface area contributed by atoms with Crippen LogP contribution < -0.4 is 10.6 Å². The van der Waals surface area contributed by atoms with E-state index in [-0.39, 0.29) is 19.3 Å². The number of amides is 2. The Bertz CT molecular complexity index is 317. The first-order valence-corrected chi connectivity index (χ1v) is 4.83. The van der Waals surface area contributed by atoms with Crippen LogP contribution in [-0.4, -0.2) is 46.6 Å². The van der Waals surface area contributed by atoms with Crippen LogP contribution in [0.3, 0.4) is 0 Å². The molecular formula is C9H14N2O6. The Morgan fingerprint density at radius 1 is 1.24 bits per heavy atom. The fraction of sp³-hybridized carbons (Fsp3) is 0.556. The Hall–Kier alpha value is -2.12. The maximum Gasteiger partial charge on any atom is 0.326 e. The number of nitrogens with one attached hydrogen (secondary N) is 2. The SMILES string of the molecule is CC(NC(=O)CCC(NC=O)C(=O)O)C(=O)O. The van der Waals surface area contributed by atoms with E-state index in [0.29, 0.717) is 0 Å². The summed E-state index contributed by atoms with van der Waals surface area (Å²) in [6.07, 6.45) is -0.0573. The van der Waals surface area contributed by atoms with Crippen LogP contribution in [0.15, 0.2) is 0 Å². The largest absolute Gasteiger partial charge is 0.480 e. The number of carbonyl (C=O) groups excluding carboxylic acids is 2. The highest BCUT2D eigenvalue weighted by molar-refractivity contribution is 5.84. The number of hydrogen-bond acceptors (Lipinski definition) is 4. The van der Waals surface area contributed by atoms with Gasteiger partial charge in [0.1, 0.15) is 12.1 Å². The van der Waals surface area contributed by atoms with Crippen molar-refractivity contribution in [2.45, 2.75) is 31.8 Å². The van der Waals surface area contributed by atoms with Gasteiger partial charge in [-0.05, 0) is 13.3 Å². The van der Waals surface area contributed by atoms with Gasteiger partial charge in [-0.2, -0.15) is 0 Å². The van der Waals surface area contributed by atoms with E-state index in [1.54, 1.807) is 0 Å². The number of aliphatic carboxylic acids is 2. The topological polar surface area (TPSA) is 133 Å². The standard InChI is InChI=1S/C9H14N2O6/c1-5(8(14)15)11-7(13)3-2-6(9(16)17)10-4-12/h4-6H,2-3H2,1H3,(H,10,12)(H,11,13)(H,14,15)(H,16,17). The fourth-order valence-corrected chi connectivity index (χ4v) is 1.01. The van der Waals surface area contributed by atoms with Crippen LogP contribution in [0.4, 0.5) is 0 Å². The lowest BCUT2D eigenvalue weighted by atomic mass is 10.1. The normalized spacial score (nSPS) is 13.2. The molecule has 0 aromatic rings. The maximum absolute atomic E-state index is 11.2. The molecule has 0 radical (unpaired) electrons. The number of hydrogen-bond donors (Lipinski definition) is 4. The summed E-state index contributed by atoms with van der Waals surface area (Å²) < 4.78 is 0. The molecule has 2 atom stereocenters. The van der Waals surface area contributed by atoms with E-state index in [4.69, 9.17) is 10.2 Å². The minimum atomic E-state index is -1.25. The van der Waals surface area contributed by atoms with Gasteiger partial charge >= 0.3 is 11.9 Å². The van der Waals surface area contributed by atoms with E-state index in [9.17, 15) is 19.2 Å². The summed E-state index contributed by atoms with van der Waals surface area (Å²) in [4.78, 5) is 42.3. The molecule has 8 heteroatoms. The molecule has 0 aromatic heterocycles. The average molecular weight is 246 g/mol. The molecule has 0 aliphatic rings. The van der Waals surface area contributed by atoms with Crippen molar-refractivity contribution in [3.63, 3.8) is 0 Å². The second-order valence-electron chi connectivity index (χ2n) is 3.34. The Morgan fingerprint density at radius 2 is 1.82 bits per heavy atom. The van der Waals surface area contributed by atoms with Gasteiger partial charge in [-0.15, -0.1) is 0 Å². The summed E-state index contributed by atoms with van der Waals surface area (Å²) >= 11 is 0. The lowest BCUT2D eigenvalue weighted by molar-refractivity contribution is -0.142. The third-order valence-electron chi connectivity index (χ3n) is 1.98. The van der Waals surface area contributed by atoms with Gasteiger partial charge < -0.3 is 20.8 Å². The predicted molar refractivity (Wildman–Crippen MR) is 55.1 cm³/mol. The molecule has 0 aliphatic carbocycles. The molecule has 8 nitrogen and oxygen atoms in total. The van der Waals surface area contributed by atoms with Crippen LogP contribution in [0.1, 0.15) is 19.8 Å². The summed E-state index contributed by atoms with van der Waals surface area (Å²) in [7, 11) is 0. The van der Waals surface area contributed by atoms with E-state index in [2.05, 4.69) is 5.32 Å². The van der Waals surface area contributed by atoms with Gasteiger partial charge in [0.05, 0.1) is 0 Å². The molecule has 0 rings (SSSR count). The van der Waals surface area contributed by atoms with Gasteiger partial charge in [0.15, 0.2) is 0 Å². The number of carbonyl (C=O) groups is 4. The van der Waals surface area contributed by atoms with Crippen LogP contribution in [-0.2, 0) is 19.2 Å². The molecule has 0 saturated carbocycles. The zero-order chi connectivity index (χ0) is 13.4. The van der Waals surface area contributed by atoms with Crippen LogP contribution in [0.2, 0.25) is 0 Å². The Morgan fingerprint density at radius 3 is 2.24 bits per heavy atom. The van der Waals surface area contributed by atoms with Crippen molar-refractivity contribution in [3.05, 3.63) is 0 Å². The highest BCUT2D eigenvalue weighted by Crippen LogP contribution is 1.98. The predicted octanol–water partition coefficient (Wildman–Crippen LogP) is -1.44. The molecule has 17 heavy (non-hydrogen) atoms. The van der Waals surface area contributed by atoms with E-state index in [0.717, 1.165) is 0 Å². The van der Waals surface area contributed by atoms with E-state index >= 15 is 0 Å². The van der Waals surface area contributed by atoms with Crippen LogP contribution >= 0.6 is 0 Å². The van der Waals surface area contributed by atoms with Crippen LogP contribution in [0, 0.1) is 0 Å². The average Bonchev–Trinajstić information content (AvgIpc) is 2.23. The monoisotopic (exact) mass is 246 g/mol. The number of rotatable bonds is 8. The molecule has 0 aliphatic heterocycles. The van der Waals surface area contributed by atoms with E-state index < -0.39 is 29.9 Å². The zero-order valence-electron chi connectivity index (χ0n) is 9.17. The first-order chi connectivity index (χ1) is 7.88. The molecule has 2 unspecified atom stereocenters. The summed E-state index contributed by atoms with van der Waals surface area (Å²) in [5.41, 5.74) is 0. The lowest BCUT2D eigenvalue weighted by Gasteiger charge is -2.12. The molecule has 0 spiro atoms. The molecule has 0 heterocycles. The van der Waals surface area contributed by atoms with Crippen LogP contribution in [0.5, 0.6) is 0 Å². The van der Waals surface area contributed by atoms with Gasteiger partial charge in [-0.3, -0.25) is 14.4 Å². The molecule has 0 bridgehead atoms. The lowest BCUT2D eigenvalue weighted by Crippen LogP contribution is -2.40. The van der Waals surface area contributed by atoms with Crippen LogP contribution in [0.25, 0.3) is 0 Å². The quantitative estimate of drug-likeness (QED) is 0.387. The summed E-state index contributed by atoms with van der Waals surface area (Å²) in [6.45, 7) is 1.29. The first kappa shape index (κ1) is 14.9. The fourth-order valence-electron chi connectivity index (χ4n) is 1.01. The van der Waals surface area contributed by atoms with Crippen molar-refractivity contribution in [1.29, 1.82) is 0 Å². The smallest absolute Gasteiger partial charge is 0.326 e. The second kappa shape index (κ2) is 7.20. The van der Waals surface area contributed by atoms with Gasteiger partial charge in [-0.1, -0.05) is 0 Å². The molecule has 0 fully saturated rings. The van der Waals surface area contributed by atoms with Crippen molar-refractivity contribution < 1.29 is 29.4 Å². The first-order valence-electron chi connectivity index (χ1n) is 4.83. The maximum atomic E-state index is 11.2. The molecule has 2 amide bonds. The van der Waals surface area contributed by atoms with Gasteiger partial charge in [-0.25, -0.2) is 4.79 Å². The van der Waals surface area contributed by atoms with Crippen molar-refractivity contribution in [2.75, 3.05) is 0 Å². The molecule has 0 saturated heterocycles. The zero-order valence-corrected chi connectivity index (χ0v) is 9.17. The van der Waals surface area contributed by atoms with Crippen molar-refractivity contribution in [1.82, 2.24) is 10.6 Å². The molecule has 4 N–H and O–H groups in total. The Kier molecular flexibility index (Phi) is 6.30. The number of carboxylic acid groups (broad SMARTS) is 2. The highest BCUT2D eigenvalue weighted by atomic mass is 16.4. The molecular weight excluding hydrogens is 232 g/mol. The summed E-state index contributed by atoms with van der Waals surface area (Å²) in [6, 6.07) is -2.19. The van der Waals surface area contributed by atoms with Crippen molar-refractivity contribution >= 4 is 24.3 Å². The third kappa shape index (κ3) is 6.13. The van der Waals surface area contributed by atoms with E-state index in [1.165, 1.54) is 6.92 Å². The molecule has 96 valence electrons. The summed E-state index contributed by atoms with van der Waals surface area (Å²) in [5, 5.41) is 21.4. The van der Waals surface area contributed by atoms with Crippen molar-refractivity contribution in [2.24, 2.45) is 0 Å². The number of carboxylic acids is 2. The van der Waals surface area contributed by atoms with E-state index in [1.807, 2.05) is 5.32 Å². The Labute approximate surface area is 97.0 Å². The molecule has 0 aromatic carbocycles. The van der Waals surface area contributed by atoms with Gasteiger partial charge in [0.2, 0.25) is 12.3 Å². The minimum absolute atomic E-state index is 0.105. The van der Waals surface area contributed by atoms with Gasteiger partial charge in [0, 0.05) is 6.42 Å². The Balaban J connectivity index is 4.08. The van der Waals surface area contributed by atoms with Crippen molar-refractivity contribution in [3.8, 4) is 0 Å².